The number of benzene rings is 1. The van der Waals surface area contributed by atoms with Crippen LogP contribution in [-0.2, 0) is 19.6 Å². The van der Waals surface area contributed by atoms with Gasteiger partial charge in [-0.3, -0.25) is 4.79 Å². The first kappa shape index (κ1) is 17.2. The summed E-state index contributed by atoms with van der Waals surface area (Å²) < 4.78 is 32.0. The summed E-state index contributed by atoms with van der Waals surface area (Å²) in [6.45, 7) is 4.29. The molecule has 1 aromatic carbocycles. The monoisotopic (exact) mass is 345 g/mol. The molecule has 0 radical (unpaired) electrons. The topological polar surface area (TPSA) is 63.7 Å². The fourth-order valence-corrected chi connectivity index (χ4v) is 4.62. The van der Waals surface area contributed by atoms with Gasteiger partial charge in [0.2, 0.25) is 10.0 Å². The maximum Gasteiger partial charge on any atom is 0.310 e. The highest BCUT2D eigenvalue weighted by atomic mass is 35.5. The van der Waals surface area contributed by atoms with Gasteiger partial charge in [0.25, 0.3) is 0 Å². The average Bonchev–Trinajstić information content (AvgIpc) is 2.50. The van der Waals surface area contributed by atoms with Crippen LogP contribution in [0, 0.1) is 12.8 Å². The molecule has 0 bridgehead atoms. The van der Waals surface area contributed by atoms with E-state index >= 15 is 0 Å². The first-order chi connectivity index (χ1) is 10.4. The van der Waals surface area contributed by atoms with Crippen molar-refractivity contribution in [3.63, 3.8) is 0 Å². The second kappa shape index (κ2) is 6.98. The molecule has 1 unspecified atom stereocenters. The normalized spacial score (nSPS) is 19.9. The number of halogens is 1. The molecule has 0 aliphatic carbocycles. The van der Waals surface area contributed by atoms with E-state index in [2.05, 4.69) is 0 Å². The summed E-state index contributed by atoms with van der Waals surface area (Å²) in [5, 5.41) is 0.417. The molecule has 0 N–H and O–H groups in total. The number of hydrogen-bond donors (Lipinski definition) is 0. The van der Waals surface area contributed by atoms with Crippen LogP contribution in [0.15, 0.2) is 23.1 Å². The van der Waals surface area contributed by atoms with Crippen molar-refractivity contribution in [3.8, 4) is 0 Å². The lowest BCUT2D eigenvalue weighted by atomic mass is 10.0. The van der Waals surface area contributed by atoms with Crippen LogP contribution in [0.1, 0.15) is 25.3 Å². The number of piperidine rings is 1. The minimum Gasteiger partial charge on any atom is -0.466 e. The van der Waals surface area contributed by atoms with E-state index in [0.717, 1.165) is 0 Å². The predicted octanol–water partition coefficient (Wildman–Crippen LogP) is 2.61. The van der Waals surface area contributed by atoms with Crippen molar-refractivity contribution in [2.75, 3.05) is 19.7 Å². The van der Waals surface area contributed by atoms with Crippen molar-refractivity contribution in [1.29, 1.82) is 0 Å². The standard InChI is InChI=1S/C15H20ClNO4S/c1-3-21-15(18)12-6-5-9-17(10-12)22(19,20)14-8-4-7-13(16)11(14)2/h4,7-8,12H,3,5-6,9-10H2,1-2H3. The molecule has 7 heteroatoms. The molecule has 22 heavy (non-hydrogen) atoms. The van der Waals surface area contributed by atoms with Crippen LogP contribution >= 0.6 is 11.6 Å². The Hall–Kier alpha value is -1.11. The van der Waals surface area contributed by atoms with Gasteiger partial charge in [-0.05, 0) is 44.4 Å². The summed E-state index contributed by atoms with van der Waals surface area (Å²) in [5.41, 5.74) is 0.530. The van der Waals surface area contributed by atoms with Gasteiger partial charge in [0.1, 0.15) is 0 Å². The number of hydrogen-bond acceptors (Lipinski definition) is 4. The Labute approximate surface area is 136 Å². The zero-order valence-corrected chi connectivity index (χ0v) is 14.3. The van der Waals surface area contributed by atoms with E-state index in [1.807, 2.05) is 0 Å². The van der Waals surface area contributed by atoms with Gasteiger partial charge in [-0.2, -0.15) is 4.31 Å². The number of carbonyl (C=O) groups is 1. The molecule has 1 heterocycles. The van der Waals surface area contributed by atoms with Crippen LogP contribution < -0.4 is 0 Å². The molecule has 1 aliphatic heterocycles. The molecule has 0 aromatic heterocycles. The average molecular weight is 346 g/mol. The summed E-state index contributed by atoms with van der Waals surface area (Å²) in [4.78, 5) is 12.1. The van der Waals surface area contributed by atoms with Crippen LogP contribution in [-0.4, -0.2) is 38.4 Å². The van der Waals surface area contributed by atoms with Gasteiger partial charge in [0, 0.05) is 18.1 Å². The summed E-state index contributed by atoms with van der Waals surface area (Å²) in [6.07, 6.45) is 1.29. The molecule has 1 aromatic rings. The van der Waals surface area contributed by atoms with Crippen molar-refractivity contribution in [2.24, 2.45) is 5.92 Å². The van der Waals surface area contributed by atoms with Crippen LogP contribution in [0.5, 0.6) is 0 Å². The van der Waals surface area contributed by atoms with Gasteiger partial charge in [-0.15, -0.1) is 0 Å². The highest BCUT2D eigenvalue weighted by Gasteiger charge is 2.34. The van der Waals surface area contributed by atoms with E-state index in [9.17, 15) is 13.2 Å². The van der Waals surface area contributed by atoms with E-state index in [1.165, 1.54) is 4.31 Å². The molecule has 2 rings (SSSR count). The number of carbonyl (C=O) groups excluding carboxylic acids is 1. The maximum atomic E-state index is 12.8. The largest absolute Gasteiger partial charge is 0.466 e. The molecule has 1 aliphatic rings. The van der Waals surface area contributed by atoms with E-state index < -0.39 is 15.9 Å². The lowest BCUT2D eigenvalue weighted by Crippen LogP contribution is -2.42. The Morgan fingerprint density at radius 3 is 2.86 bits per heavy atom. The smallest absolute Gasteiger partial charge is 0.310 e. The minimum atomic E-state index is -3.66. The molecular weight excluding hydrogens is 326 g/mol. The Morgan fingerprint density at radius 2 is 2.18 bits per heavy atom. The molecule has 0 saturated carbocycles. The maximum absolute atomic E-state index is 12.8. The minimum absolute atomic E-state index is 0.160. The van der Waals surface area contributed by atoms with E-state index in [1.54, 1.807) is 32.0 Å². The lowest BCUT2D eigenvalue weighted by molar-refractivity contribution is -0.149. The fourth-order valence-electron chi connectivity index (χ4n) is 2.62. The van der Waals surface area contributed by atoms with E-state index in [4.69, 9.17) is 16.3 Å². The summed E-state index contributed by atoms with van der Waals surface area (Å²) in [7, 11) is -3.66. The van der Waals surface area contributed by atoms with Crippen LogP contribution in [0.2, 0.25) is 5.02 Å². The molecule has 1 fully saturated rings. The fraction of sp³-hybridized carbons (Fsp3) is 0.533. The molecule has 122 valence electrons. The van der Waals surface area contributed by atoms with Gasteiger partial charge in [-0.25, -0.2) is 8.42 Å². The van der Waals surface area contributed by atoms with Crippen LogP contribution in [0.25, 0.3) is 0 Å². The Bertz CT molecular complexity index is 660. The van der Waals surface area contributed by atoms with Crippen molar-refractivity contribution in [2.45, 2.75) is 31.6 Å². The number of sulfonamides is 1. The van der Waals surface area contributed by atoms with Crippen LogP contribution in [0.4, 0.5) is 0 Å². The molecule has 1 saturated heterocycles. The number of esters is 1. The number of nitrogens with zero attached hydrogens (tertiary/aromatic N) is 1. The van der Waals surface area contributed by atoms with Gasteiger partial charge in [0.05, 0.1) is 17.4 Å². The van der Waals surface area contributed by atoms with Crippen molar-refractivity contribution >= 4 is 27.6 Å². The summed E-state index contributed by atoms with van der Waals surface area (Å²) in [6, 6.07) is 4.83. The molecule has 5 nitrogen and oxygen atoms in total. The van der Waals surface area contributed by atoms with Crippen molar-refractivity contribution < 1.29 is 17.9 Å². The first-order valence-corrected chi connectivity index (χ1v) is 9.11. The zero-order chi connectivity index (χ0) is 16.3. The van der Waals surface area contributed by atoms with E-state index in [0.29, 0.717) is 36.6 Å². The van der Waals surface area contributed by atoms with E-state index in [-0.39, 0.29) is 17.4 Å². The quantitative estimate of drug-likeness (QED) is 0.787. The highest BCUT2D eigenvalue weighted by Crippen LogP contribution is 2.29. The highest BCUT2D eigenvalue weighted by molar-refractivity contribution is 7.89. The summed E-state index contributed by atoms with van der Waals surface area (Å²) in [5.74, 6) is -0.729. The Balaban J connectivity index is 2.26. The molecular formula is C15H20ClNO4S. The van der Waals surface area contributed by atoms with Crippen molar-refractivity contribution in [1.82, 2.24) is 4.31 Å². The van der Waals surface area contributed by atoms with Gasteiger partial charge in [0.15, 0.2) is 0 Å². The third-order valence-corrected chi connectivity index (χ3v) is 6.26. The lowest BCUT2D eigenvalue weighted by Gasteiger charge is -2.31. The second-order valence-electron chi connectivity index (χ2n) is 5.32. The third kappa shape index (κ3) is 3.45. The second-order valence-corrected chi connectivity index (χ2v) is 7.63. The first-order valence-electron chi connectivity index (χ1n) is 7.29. The summed E-state index contributed by atoms with van der Waals surface area (Å²) >= 11 is 6.02. The van der Waals surface area contributed by atoms with Crippen LogP contribution in [0.3, 0.4) is 0 Å². The van der Waals surface area contributed by atoms with Gasteiger partial charge >= 0.3 is 5.97 Å². The van der Waals surface area contributed by atoms with Gasteiger partial charge in [-0.1, -0.05) is 17.7 Å². The molecule has 0 amide bonds. The number of rotatable bonds is 4. The third-order valence-electron chi connectivity index (χ3n) is 3.84. The Kier molecular flexibility index (Phi) is 5.47. The molecule has 0 spiro atoms. The SMILES string of the molecule is CCOC(=O)C1CCCN(S(=O)(=O)c2cccc(Cl)c2C)C1. The van der Waals surface area contributed by atoms with Crippen molar-refractivity contribution in [3.05, 3.63) is 28.8 Å². The zero-order valence-electron chi connectivity index (χ0n) is 12.7. The predicted molar refractivity (Wildman–Crippen MR) is 84.3 cm³/mol. The Morgan fingerprint density at radius 1 is 1.45 bits per heavy atom. The number of ether oxygens (including phenoxy) is 1. The van der Waals surface area contributed by atoms with Gasteiger partial charge < -0.3 is 4.74 Å². The molecule has 1 atom stereocenters.